The summed E-state index contributed by atoms with van der Waals surface area (Å²) in [6, 6.07) is 5.23. The van der Waals surface area contributed by atoms with Gasteiger partial charge >= 0.3 is 0 Å². The minimum absolute atomic E-state index is 0.279. The fourth-order valence-electron chi connectivity index (χ4n) is 1.98. The van der Waals surface area contributed by atoms with E-state index < -0.39 is 0 Å². The number of rotatable bonds is 3. The van der Waals surface area contributed by atoms with Crippen molar-refractivity contribution in [2.75, 3.05) is 0 Å². The van der Waals surface area contributed by atoms with Gasteiger partial charge < -0.3 is 4.98 Å². The predicted octanol–water partition coefficient (Wildman–Crippen LogP) is 4.26. The van der Waals surface area contributed by atoms with Crippen LogP contribution in [-0.2, 0) is 0 Å². The fraction of sp³-hybridized carbons (Fsp3) is 0.250. The molecule has 0 aliphatic rings. The number of fused-ring (bicyclic) bond motifs is 1. The van der Waals surface area contributed by atoms with E-state index in [0.717, 1.165) is 19.3 Å². The number of unbranched alkanes of at least 4 members (excludes halogenated alkanes) is 2. The van der Waals surface area contributed by atoms with Crippen LogP contribution in [0.25, 0.3) is 22.7 Å². The molecule has 0 amide bonds. The molecule has 0 fully saturated rings. The molecule has 3 aromatic rings. The molecule has 5 nitrogen and oxygen atoms in total. The Labute approximate surface area is 143 Å². The van der Waals surface area contributed by atoms with E-state index in [-0.39, 0.29) is 5.15 Å². The normalized spacial score (nSPS) is 10.6. The third kappa shape index (κ3) is 3.61. The summed E-state index contributed by atoms with van der Waals surface area (Å²) >= 11 is 12.1. The molecule has 3 heterocycles. The van der Waals surface area contributed by atoms with Crippen molar-refractivity contribution in [1.29, 1.82) is 0 Å². The van der Waals surface area contributed by atoms with Gasteiger partial charge in [0.2, 0.25) is 0 Å². The van der Waals surface area contributed by atoms with Gasteiger partial charge in [0, 0.05) is 6.42 Å². The SMILES string of the molecule is CCCCC#Cc1nc2nc(-c3cccc(Cl)n3)nc(Cl)c2[nH]1. The maximum atomic E-state index is 6.22. The monoisotopic (exact) mass is 345 g/mol. The summed E-state index contributed by atoms with van der Waals surface area (Å²) in [6.07, 6.45) is 3.02. The Morgan fingerprint density at radius 2 is 2.00 bits per heavy atom. The quantitative estimate of drug-likeness (QED) is 0.333. The molecule has 0 unspecified atom stereocenters. The first-order valence-corrected chi connectivity index (χ1v) is 7.98. The molecule has 0 radical (unpaired) electrons. The van der Waals surface area contributed by atoms with E-state index in [1.165, 1.54) is 0 Å². The van der Waals surface area contributed by atoms with Crippen LogP contribution in [0.3, 0.4) is 0 Å². The second kappa shape index (κ2) is 6.95. The molecule has 23 heavy (non-hydrogen) atoms. The van der Waals surface area contributed by atoms with Gasteiger partial charge in [-0.15, -0.1) is 0 Å². The van der Waals surface area contributed by atoms with Gasteiger partial charge in [0.05, 0.1) is 0 Å². The van der Waals surface area contributed by atoms with E-state index in [1.54, 1.807) is 18.2 Å². The molecule has 0 aliphatic heterocycles. The predicted molar refractivity (Wildman–Crippen MR) is 91.3 cm³/mol. The lowest BCUT2D eigenvalue weighted by Crippen LogP contribution is -1.93. The van der Waals surface area contributed by atoms with Crippen molar-refractivity contribution in [2.45, 2.75) is 26.2 Å². The zero-order chi connectivity index (χ0) is 16.2. The highest BCUT2D eigenvalue weighted by Gasteiger charge is 2.12. The molecule has 0 atom stereocenters. The van der Waals surface area contributed by atoms with E-state index in [9.17, 15) is 0 Å². The summed E-state index contributed by atoms with van der Waals surface area (Å²) in [5, 5.41) is 0.646. The van der Waals surface area contributed by atoms with E-state index in [1.807, 2.05) is 0 Å². The number of halogens is 2. The van der Waals surface area contributed by atoms with Crippen LogP contribution in [0.5, 0.6) is 0 Å². The van der Waals surface area contributed by atoms with E-state index in [4.69, 9.17) is 23.2 Å². The summed E-state index contributed by atoms with van der Waals surface area (Å²) in [5.41, 5.74) is 1.57. The Morgan fingerprint density at radius 3 is 2.78 bits per heavy atom. The second-order valence-corrected chi connectivity index (χ2v) is 5.62. The van der Waals surface area contributed by atoms with E-state index in [0.29, 0.717) is 33.7 Å². The maximum Gasteiger partial charge on any atom is 0.185 e. The number of aromatic nitrogens is 5. The van der Waals surface area contributed by atoms with Gasteiger partial charge in [-0.3, -0.25) is 0 Å². The highest BCUT2D eigenvalue weighted by molar-refractivity contribution is 6.33. The van der Waals surface area contributed by atoms with Gasteiger partial charge in [0.25, 0.3) is 0 Å². The molecular formula is C16H13Cl2N5. The molecule has 3 rings (SSSR count). The fourth-order valence-corrected chi connectivity index (χ4v) is 2.36. The van der Waals surface area contributed by atoms with Crippen molar-refractivity contribution < 1.29 is 0 Å². The van der Waals surface area contributed by atoms with Crippen molar-refractivity contribution >= 4 is 34.4 Å². The molecule has 0 saturated carbocycles. The number of aromatic amines is 1. The van der Waals surface area contributed by atoms with Crippen LogP contribution >= 0.6 is 23.2 Å². The molecule has 3 aromatic heterocycles. The molecule has 0 aromatic carbocycles. The Bertz CT molecular complexity index is 908. The molecule has 0 saturated heterocycles. The molecule has 1 N–H and O–H groups in total. The molecule has 0 bridgehead atoms. The Kier molecular flexibility index (Phi) is 4.75. The molecule has 0 aliphatic carbocycles. The molecule has 7 heteroatoms. The topological polar surface area (TPSA) is 67.3 Å². The lowest BCUT2D eigenvalue weighted by molar-refractivity contribution is 0.828. The van der Waals surface area contributed by atoms with Crippen LogP contribution in [0.2, 0.25) is 10.3 Å². The van der Waals surface area contributed by atoms with Gasteiger partial charge in [0.15, 0.2) is 22.4 Å². The van der Waals surface area contributed by atoms with Crippen LogP contribution < -0.4 is 0 Å². The van der Waals surface area contributed by atoms with Crippen molar-refractivity contribution in [1.82, 2.24) is 24.9 Å². The number of hydrogen-bond acceptors (Lipinski definition) is 4. The molecule has 116 valence electrons. The van der Waals surface area contributed by atoms with Crippen molar-refractivity contribution in [3.05, 3.63) is 34.3 Å². The number of nitrogens with zero attached hydrogens (tertiary/aromatic N) is 4. The lowest BCUT2D eigenvalue weighted by Gasteiger charge is -2.00. The zero-order valence-corrected chi connectivity index (χ0v) is 13.9. The first-order valence-electron chi connectivity index (χ1n) is 7.22. The van der Waals surface area contributed by atoms with E-state index in [2.05, 4.69) is 43.7 Å². The average Bonchev–Trinajstić information content (AvgIpc) is 2.95. The summed E-state index contributed by atoms with van der Waals surface area (Å²) in [7, 11) is 0. The van der Waals surface area contributed by atoms with Crippen LogP contribution in [0, 0.1) is 11.8 Å². The van der Waals surface area contributed by atoms with E-state index >= 15 is 0 Å². The Morgan fingerprint density at radius 1 is 1.13 bits per heavy atom. The van der Waals surface area contributed by atoms with Gasteiger partial charge in [-0.25, -0.2) is 19.9 Å². The highest BCUT2D eigenvalue weighted by Crippen LogP contribution is 2.23. The van der Waals surface area contributed by atoms with Crippen LogP contribution in [0.1, 0.15) is 32.0 Å². The van der Waals surface area contributed by atoms with Gasteiger partial charge in [-0.2, -0.15) is 0 Å². The molecule has 0 spiro atoms. The number of pyridine rings is 1. The molecular weight excluding hydrogens is 333 g/mol. The van der Waals surface area contributed by atoms with Crippen LogP contribution in [0.15, 0.2) is 18.2 Å². The minimum Gasteiger partial charge on any atom is -0.327 e. The summed E-state index contributed by atoms with van der Waals surface area (Å²) in [6.45, 7) is 2.13. The van der Waals surface area contributed by atoms with Crippen LogP contribution in [-0.4, -0.2) is 24.9 Å². The van der Waals surface area contributed by atoms with Crippen LogP contribution in [0.4, 0.5) is 0 Å². The third-order valence-electron chi connectivity index (χ3n) is 3.11. The third-order valence-corrected chi connectivity index (χ3v) is 3.60. The largest absolute Gasteiger partial charge is 0.327 e. The lowest BCUT2D eigenvalue weighted by atomic mass is 10.2. The zero-order valence-electron chi connectivity index (χ0n) is 12.4. The maximum absolute atomic E-state index is 6.22. The average molecular weight is 346 g/mol. The first-order chi connectivity index (χ1) is 11.2. The minimum atomic E-state index is 0.279. The van der Waals surface area contributed by atoms with Gasteiger partial charge in [-0.05, 0) is 24.5 Å². The summed E-state index contributed by atoms with van der Waals surface area (Å²) < 4.78 is 0. The number of nitrogens with one attached hydrogen (secondary N) is 1. The highest BCUT2D eigenvalue weighted by atomic mass is 35.5. The Hall–Kier alpha value is -2.16. The standard InChI is InChI=1S/C16H13Cl2N5/c1-2-3-4-5-9-12-20-13-14(18)22-15(23-16(13)21-12)10-7-6-8-11(17)19-10/h6-8H,2-4H2,1H3,(H,20,21,22,23). The van der Waals surface area contributed by atoms with Gasteiger partial charge in [-0.1, -0.05) is 48.5 Å². The smallest absolute Gasteiger partial charge is 0.185 e. The second-order valence-electron chi connectivity index (χ2n) is 4.87. The number of imidazole rings is 1. The Balaban J connectivity index is 1.99. The number of hydrogen-bond donors (Lipinski definition) is 1. The first kappa shape index (κ1) is 15.7. The number of H-pyrrole nitrogens is 1. The summed E-state index contributed by atoms with van der Waals surface area (Å²) in [4.78, 5) is 20.2. The van der Waals surface area contributed by atoms with Crippen molar-refractivity contribution in [3.63, 3.8) is 0 Å². The van der Waals surface area contributed by atoms with Gasteiger partial charge in [0.1, 0.15) is 16.4 Å². The van der Waals surface area contributed by atoms with Crippen molar-refractivity contribution in [2.24, 2.45) is 0 Å². The summed E-state index contributed by atoms with van der Waals surface area (Å²) in [5.74, 6) is 6.96. The van der Waals surface area contributed by atoms with Crippen molar-refractivity contribution in [3.8, 4) is 23.4 Å².